The molecule has 1 atom stereocenters. The predicted octanol–water partition coefficient (Wildman–Crippen LogP) is 3.55. The molecular formula is C17H21F3O4. The first-order valence-corrected chi connectivity index (χ1v) is 7.84. The van der Waals surface area contributed by atoms with E-state index in [1.54, 1.807) is 18.2 Å². The summed E-state index contributed by atoms with van der Waals surface area (Å²) in [6.07, 6.45) is -0.999. The summed E-state index contributed by atoms with van der Waals surface area (Å²) in [5, 5.41) is 8.91. The van der Waals surface area contributed by atoms with Crippen molar-refractivity contribution in [3.8, 4) is 5.75 Å². The van der Waals surface area contributed by atoms with Crippen molar-refractivity contribution < 1.29 is 32.5 Å². The van der Waals surface area contributed by atoms with Gasteiger partial charge in [-0.3, -0.25) is 0 Å². The SMILES string of the molecule is OC/C(=C/c1ccccc1OCCOC1CCCCO1)C(F)(F)F. The molecule has 4 nitrogen and oxygen atoms in total. The van der Waals surface area contributed by atoms with Crippen molar-refractivity contribution in [2.75, 3.05) is 26.4 Å². The van der Waals surface area contributed by atoms with Crippen LogP contribution < -0.4 is 4.74 Å². The number of hydrogen-bond donors (Lipinski definition) is 1. The molecule has 24 heavy (non-hydrogen) atoms. The highest BCUT2D eigenvalue weighted by molar-refractivity contribution is 5.60. The van der Waals surface area contributed by atoms with Crippen LogP contribution in [-0.4, -0.2) is 44.0 Å². The lowest BCUT2D eigenvalue weighted by Gasteiger charge is -2.22. The van der Waals surface area contributed by atoms with Crippen LogP contribution in [0.2, 0.25) is 0 Å². The van der Waals surface area contributed by atoms with E-state index in [0.29, 0.717) is 12.4 Å². The number of aliphatic hydroxyl groups excluding tert-OH is 1. The molecule has 7 heteroatoms. The summed E-state index contributed by atoms with van der Waals surface area (Å²) in [6.45, 7) is 0.0839. The Morgan fingerprint density at radius 3 is 2.71 bits per heavy atom. The van der Waals surface area contributed by atoms with Crippen LogP contribution in [0.15, 0.2) is 29.8 Å². The van der Waals surface area contributed by atoms with Crippen LogP contribution >= 0.6 is 0 Å². The first kappa shape index (κ1) is 18.8. The van der Waals surface area contributed by atoms with Crippen LogP contribution in [0.4, 0.5) is 13.2 Å². The second-order valence-electron chi connectivity index (χ2n) is 5.38. The number of halogens is 3. The zero-order chi connectivity index (χ0) is 17.4. The van der Waals surface area contributed by atoms with Crippen molar-refractivity contribution in [1.82, 2.24) is 0 Å². The number of rotatable bonds is 7. The Morgan fingerprint density at radius 2 is 2.04 bits per heavy atom. The highest BCUT2D eigenvalue weighted by atomic mass is 19.4. The van der Waals surface area contributed by atoms with E-state index in [9.17, 15) is 13.2 Å². The van der Waals surface area contributed by atoms with E-state index in [-0.39, 0.29) is 25.1 Å². The molecule has 1 aliphatic rings. The molecule has 1 heterocycles. The Morgan fingerprint density at radius 1 is 1.25 bits per heavy atom. The summed E-state index contributed by atoms with van der Waals surface area (Å²) in [5.41, 5.74) is -0.766. The molecule has 1 saturated heterocycles. The molecule has 1 aromatic carbocycles. The maximum atomic E-state index is 12.7. The molecule has 1 aliphatic heterocycles. The third kappa shape index (κ3) is 5.81. The summed E-state index contributed by atoms with van der Waals surface area (Å²) in [5.74, 6) is 0.306. The monoisotopic (exact) mass is 346 g/mol. The van der Waals surface area contributed by atoms with Gasteiger partial charge in [-0.2, -0.15) is 13.2 Å². The molecule has 1 aromatic rings. The summed E-state index contributed by atoms with van der Waals surface area (Å²) in [4.78, 5) is 0. The van der Waals surface area contributed by atoms with Gasteiger partial charge in [0.25, 0.3) is 0 Å². The first-order valence-electron chi connectivity index (χ1n) is 7.84. The van der Waals surface area contributed by atoms with Crippen molar-refractivity contribution in [2.24, 2.45) is 0 Å². The third-order valence-corrected chi connectivity index (χ3v) is 3.57. The highest BCUT2D eigenvalue weighted by Crippen LogP contribution is 2.29. The van der Waals surface area contributed by atoms with Gasteiger partial charge in [0.15, 0.2) is 6.29 Å². The molecule has 0 aliphatic carbocycles. The lowest BCUT2D eigenvalue weighted by atomic mass is 10.1. The largest absolute Gasteiger partial charge is 0.491 e. The molecule has 0 amide bonds. The van der Waals surface area contributed by atoms with Crippen LogP contribution in [0.1, 0.15) is 24.8 Å². The van der Waals surface area contributed by atoms with E-state index in [2.05, 4.69) is 0 Å². The maximum Gasteiger partial charge on any atom is 0.414 e. The maximum absolute atomic E-state index is 12.7. The Labute approximate surface area is 138 Å². The molecule has 1 N–H and O–H groups in total. The van der Waals surface area contributed by atoms with Gasteiger partial charge < -0.3 is 19.3 Å². The molecule has 0 aromatic heterocycles. The smallest absolute Gasteiger partial charge is 0.414 e. The van der Waals surface area contributed by atoms with Crippen LogP contribution in [0, 0.1) is 0 Å². The van der Waals surface area contributed by atoms with Crippen molar-refractivity contribution in [2.45, 2.75) is 31.7 Å². The topological polar surface area (TPSA) is 47.9 Å². The Kier molecular flexibility index (Phi) is 7.08. The number of alkyl halides is 3. The number of benzene rings is 1. The first-order chi connectivity index (χ1) is 11.5. The fourth-order valence-electron chi connectivity index (χ4n) is 2.31. The fraction of sp³-hybridized carbons (Fsp3) is 0.529. The highest BCUT2D eigenvalue weighted by Gasteiger charge is 2.33. The van der Waals surface area contributed by atoms with E-state index < -0.39 is 18.4 Å². The second-order valence-corrected chi connectivity index (χ2v) is 5.38. The Balaban J connectivity index is 1.92. The van der Waals surface area contributed by atoms with Gasteiger partial charge >= 0.3 is 6.18 Å². The summed E-state index contributed by atoms with van der Waals surface area (Å²) >= 11 is 0. The average Bonchev–Trinajstić information content (AvgIpc) is 2.57. The van der Waals surface area contributed by atoms with Crippen LogP contribution in [0.5, 0.6) is 5.75 Å². The zero-order valence-corrected chi connectivity index (χ0v) is 13.2. The number of para-hydroxylation sites is 1. The molecule has 0 radical (unpaired) electrons. The second kappa shape index (κ2) is 9.05. The normalized spacial score (nSPS) is 19.3. The molecule has 134 valence electrons. The minimum atomic E-state index is -4.58. The summed E-state index contributed by atoms with van der Waals surface area (Å²) in [6, 6.07) is 6.36. The Hall–Kier alpha value is -1.57. The molecule has 1 fully saturated rings. The quantitative estimate of drug-likeness (QED) is 0.767. The zero-order valence-electron chi connectivity index (χ0n) is 13.2. The average molecular weight is 346 g/mol. The minimum Gasteiger partial charge on any atom is -0.491 e. The van der Waals surface area contributed by atoms with Gasteiger partial charge in [0, 0.05) is 12.2 Å². The van der Waals surface area contributed by atoms with Gasteiger partial charge in [-0.1, -0.05) is 18.2 Å². The third-order valence-electron chi connectivity index (χ3n) is 3.57. The molecular weight excluding hydrogens is 325 g/mol. The molecule has 0 bridgehead atoms. The lowest BCUT2D eigenvalue weighted by molar-refractivity contribution is -0.165. The van der Waals surface area contributed by atoms with Gasteiger partial charge in [0.05, 0.1) is 18.8 Å². The van der Waals surface area contributed by atoms with E-state index in [1.807, 2.05) is 0 Å². The molecule has 2 rings (SSSR count). The van der Waals surface area contributed by atoms with Gasteiger partial charge in [-0.05, 0) is 31.4 Å². The molecule has 1 unspecified atom stereocenters. The molecule has 0 saturated carbocycles. The van der Waals surface area contributed by atoms with E-state index in [0.717, 1.165) is 25.3 Å². The molecule has 0 spiro atoms. The van der Waals surface area contributed by atoms with Crippen LogP contribution in [0.3, 0.4) is 0 Å². The van der Waals surface area contributed by atoms with Gasteiger partial charge in [-0.15, -0.1) is 0 Å². The van der Waals surface area contributed by atoms with Gasteiger partial charge in [0.1, 0.15) is 12.4 Å². The fourth-order valence-corrected chi connectivity index (χ4v) is 2.31. The standard InChI is InChI=1S/C17H21F3O4/c18-17(19,20)14(12-21)11-13-5-1-2-6-15(13)22-9-10-24-16-7-3-4-8-23-16/h1-2,5-6,11,16,21H,3-4,7-10,12H2/b14-11-. The van der Waals surface area contributed by atoms with Crippen molar-refractivity contribution >= 4 is 6.08 Å². The van der Waals surface area contributed by atoms with Crippen LogP contribution in [0.25, 0.3) is 6.08 Å². The van der Waals surface area contributed by atoms with E-state index in [1.165, 1.54) is 6.07 Å². The van der Waals surface area contributed by atoms with E-state index in [4.69, 9.17) is 19.3 Å². The summed E-state index contributed by atoms with van der Waals surface area (Å²) < 4.78 is 54.7. The van der Waals surface area contributed by atoms with Crippen molar-refractivity contribution in [3.05, 3.63) is 35.4 Å². The van der Waals surface area contributed by atoms with Crippen molar-refractivity contribution in [1.29, 1.82) is 0 Å². The van der Waals surface area contributed by atoms with E-state index >= 15 is 0 Å². The van der Waals surface area contributed by atoms with Crippen molar-refractivity contribution in [3.63, 3.8) is 0 Å². The Bertz CT molecular complexity index is 537. The number of aliphatic hydroxyl groups is 1. The van der Waals surface area contributed by atoms with Gasteiger partial charge in [-0.25, -0.2) is 0 Å². The predicted molar refractivity (Wildman–Crippen MR) is 82.6 cm³/mol. The minimum absolute atomic E-state index is 0.200. The van der Waals surface area contributed by atoms with Crippen LogP contribution in [-0.2, 0) is 9.47 Å². The number of hydrogen-bond acceptors (Lipinski definition) is 4. The van der Waals surface area contributed by atoms with Gasteiger partial charge in [0.2, 0.25) is 0 Å². The lowest BCUT2D eigenvalue weighted by Crippen LogP contribution is -2.24. The number of ether oxygens (including phenoxy) is 3. The summed E-state index contributed by atoms with van der Waals surface area (Å²) in [7, 11) is 0.